The number of nitrogens with two attached hydrogens (primary N) is 1. The highest BCUT2D eigenvalue weighted by molar-refractivity contribution is 6.30. The summed E-state index contributed by atoms with van der Waals surface area (Å²) in [6, 6.07) is 2.14. The van der Waals surface area contributed by atoms with Gasteiger partial charge in [-0.2, -0.15) is 0 Å². The molecule has 0 heterocycles. The second-order valence-corrected chi connectivity index (χ2v) is 2.96. The van der Waals surface area contributed by atoms with Crippen molar-refractivity contribution in [2.75, 3.05) is 0 Å². The van der Waals surface area contributed by atoms with Crippen LogP contribution in [0, 0.1) is 11.6 Å². The van der Waals surface area contributed by atoms with Crippen molar-refractivity contribution >= 4 is 11.6 Å². The van der Waals surface area contributed by atoms with E-state index in [1.807, 2.05) is 0 Å². The number of halogens is 3. The normalized spacial score (nSPS) is 13.1. The number of hydrogen-bond acceptors (Lipinski definition) is 1. The first kappa shape index (κ1) is 9.42. The summed E-state index contributed by atoms with van der Waals surface area (Å²) in [7, 11) is 0. The van der Waals surface area contributed by atoms with Crippen LogP contribution >= 0.6 is 11.6 Å². The molecule has 66 valence electrons. The molecule has 0 amide bonds. The molecule has 0 aliphatic carbocycles. The van der Waals surface area contributed by atoms with Gasteiger partial charge in [0.25, 0.3) is 0 Å². The monoisotopic (exact) mass is 191 g/mol. The fourth-order valence-electron chi connectivity index (χ4n) is 0.893. The summed E-state index contributed by atoms with van der Waals surface area (Å²) < 4.78 is 25.8. The fourth-order valence-corrected chi connectivity index (χ4v) is 1.04. The predicted molar refractivity (Wildman–Crippen MR) is 44.0 cm³/mol. The standard InChI is InChI=1S/C8H8ClF2N/c1-4(12)5-2-3-6(9)8(11)7(5)10/h2-4H,12H2,1H3. The van der Waals surface area contributed by atoms with Gasteiger partial charge in [0.15, 0.2) is 11.6 Å². The van der Waals surface area contributed by atoms with Crippen molar-refractivity contribution in [3.63, 3.8) is 0 Å². The van der Waals surface area contributed by atoms with Crippen LogP contribution in [0.1, 0.15) is 18.5 Å². The molecule has 0 spiro atoms. The van der Waals surface area contributed by atoms with E-state index in [2.05, 4.69) is 0 Å². The lowest BCUT2D eigenvalue weighted by Gasteiger charge is -2.07. The molecule has 0 saturated carbocycles. The van der Waals surface area contributed by atoms with Crippen molar-refractivity contribution in [2.24, 2.45) is 5.73 Å². The minimum atomic E-state index is -1.04. The molecule has 1 aromatic rings. The van der Waals surface area contributed by atoms with Crippen LogP contribution in [0.4, 0.5) is 8.78 Å². The Hall–Kier alpha value is -0.670. The molecule has 1 rings (SSSR count). The highest BCUT2D eigenvalue weighted by Gasteiger charge is 2.13. The van der Waals surface area contributed by atoms with Crippen LogP contribution in [0.2, 0.25) is 5.02 Å². The summed E-state index contributed by atoms with van der Waals surface area (Å²) in [5, 5.41) is -0.225. The van der Waals surface area contributed by atoms with E-state index in [9.17, 15) is 8.78 Å². The third-order valence-electron chi connectivity index (χ3n) is 1.56. The molecule has 1 unspecified atom stereocenters. The maximum Gasteiger partial charge on any atom is 0.177 e. The molecule has 2 N–H and O–H groups in total. The topological polar surface area (TPSA) is 26.0 Å². The van der Waals surface area contributed by atoms with Gasteiger partial charge in [-0.3, -0.25) is 0 Å². The Bertz CT molecular complexity index is 299. The van der Waals surface area contributed by atoms with E-state index >= 15 is 0 Å². The SMILES string of the molecule is CC(N)c1ccc(Cl)c(F)c1F. The van der Waals surface area contributed by atoms with E-state index in [0.717, 1.165) is 0 Å². The van der Waals surface area contributed by atoms with Crippen molar-refractivity contribution in [3.8, 4) is 0 Å². The maximum atomic E-state index is 13.0. The van der Waals surface area contributed by atoms with Gasteiger partial charge in [0.2, 0.25) is 0 Å². The number of benzene rings is 1. The van der Waals surface area contributed by atoms with Gasteiger partial charge < -0.3 is 5.73 Å². The van der Waals surface area contributed by atoms with Crippen LogP contribution in [0.15, 0.2) is 12.1 Å². The van der Waals surface area contributed by atoms with Crippen LogP contribution in [0.25, 0.3) is 0 Å². The highest BCUT2D eigenvalue weighted by atomic mass is 35.5. The lowest BCUT2D eigenvalue weighted by Crippen LogP contribution is -2.08. The number of rotatable bonds is 1. The minimum Gasteiger partial charge on any atom is -0.324 e. The van der Waals surface area contributed by atoms with E-state index in [4.69, 9.17) is 17.3 Å². The first-order valence-corrected chi connectivity index (χ1v) is 3.80. The van der Waals surface area contributed by atoms with Gasteiger partial charge in [0.05, 0.1) is 5.02 Å². The van der Waals surface area contributed by atoms with Gasteiger partial charge in [0.1, 0.15) is 0 Å². The summed E-state index contributed by atoms with van der Waals surface area (Å²) in [6.07, 6.45) is 0. The molecule has 1 atom stereocenters. The Balaban J connectivity index is 3.27. The molecule has 0 aliphatic rings. The second kappa shape index (κ2) is 3.37. The molecular formula is C8H8ClF2N. The van der Waals surface area contributed by atoms with E-state index in [0.29, 0.717) is 0 Å². The Kier molecular flexibility index (Phi) is 2.65. The van der Waals surface area contributed by atoms with Gasteiger partial charge in [-0.25, -0.2) is 8.78 Å². The summed E-state index contributed by atoms with van der Waals surface area (Å²) >= 11 is 5.33. The molecule has 4 heteroatoms. The lowest BCUT2D eigenvalue weighted by molar-refractivity contribution is 0.492. The molecule has 0 aliphatic heterocycles. The maximum absolute atomic E-state index is 13.0. The van der Waals surface area contributed by atoms with Gasteiger partial charge in [-0.05, 0) is 13.0 Å². The van der Waals surface area contributed by atoms with Crippen LogP contribution < -0.4 is 5.73 Å². The fraction of sp³-hybridized carbons (Fsp3) is 0.250. The molecule has 12 heavy (non-hydrogen) atoms. The van der Waals surface area contributed by atoms with E-state index < -0.39 is 17.7 Å². The Labute approximate surface area is 74.1 Å². The second-order valence-electron chi connectivity index (χ2n) is 2.55. The van der Waals surface area contributed by atoms with Crippen molar-refractivity contribution < 1.29 is 8.78 Å². The van der Waals surface area contributed by atoms with Gasteiger partial charge in [-0.1, -0.05) is 17.7 Å². The summed E-state index contributed by atoms with van der Waals surface area (Å²) in [4.78, 5) is 0. The molecule has 0 bridgehead atoms. The Morgan fingerprint density at radius 1 is 1.33 bits per heavy atom. The summed E-state index contributed by atoms with van der Waals surface area (Å²) in [5.41, 5.74) is 5.52. The van der Waals surface area contributed by atoms with Crippen LogP contribution in [-0.2, 0) is 0 Å². The van der Waals surface area contributed by atoms with Crippen molar-refractivity contribution in [1.29, 1.82) is 0 Å². The smallest absolute Gasteiger partial charge is 0.177 e. The van der Waals surface area contributed by atoms with Crippen LogP contribution in [-0.4, -0.2) is 0 Å². The lowest BCUT2D eigenvalue weighted by atomic mass is 10.1. The largest absolute Gasteiger partial charge is 0.324 e. The molecule has 0 saturated heterocycles. The molecule has 0 fully saturated rings. The molecule has 0 radical (unpaired) electrons. The van der Waals surface area contributed by atoms with Crippen molar-refractivity contribution in [3.05, 3.63) is 34.4 Å². The van der Waals surface area contributed by atoms with Gasteiger partial charge in [-0.15, -0.1) is 0 Å². The molecule has 0 aromatic heterocycles. The van der Waals surface area contributed by atoms with Crippen LogP contribution in [0.5, 0.6) is 0 Å². The third kappa shape index (κ3) is 1.57. The van der Waals surface area contributed by atoms with Crippen molar-refractivity contribution in [2.45, 2.75) is 13.0 Å². The highest BCUT2D eigenvalue weighted by Crippen LogP contribution is 2.23. The van der Waals surface area contributed by atoms with E-state index in [1.54, 1.807) is 6.92 Å². The van der Waals surface area contributed by atoms with Crippen LogP contribution in [0.3, 0.4) is 0 Å². The Morgan fingerprint density at radius 3 is 2.42 bits per heavy atom. The quantitative estimate of drug-likeness (QED) is 0.679. The van der Waals surface area contributed by atoms with E-state index in [-0.39, 0.29) is 10.6 Å². The molecule has 1 nitrogen and oxygen atoms in total. The first-order valence-electron chi connectivity index (χ1n) is 3.43. The first-order chi connectivity index (χ1) is 5.54. The number of hydrogen-bond donors (Lipinski definition) is 1. The molecular weight excluding hydrogens is 184 g/mol. The zero-order chi connectivity index (χ0) is 9.30. The van der Waals surface area contributed by atoms with Crippen molar-refractivity contribution in [1.82, 2.24) is 0 Å². The average molecular weight is 192 g/mol. The minimum absolute atomic E-state index is 0.136. The average Bonchev–Trinajstić information content (AvgIpc) is 2.00. The third-order valence-corrected chi connectivity index (χ3v) is 1.85. The zero-order valence-electron chi connectivity index (χ0n) is 6.44. The summed E-state index contributed by atoms with van der Waals surface area (Å²) in [5.74, 6) is -2.00. The van der Waals surface area contributed by atoms with Gasteiger partial charge >= 0.3 is 0 Å². The Morgan fingerprint density at radius 2 is 1.92 bits per heavy atom. The zero-order valence-corrected chi connectivity index (χ0v) is 7.20. The van der Waals surface area contributed by atoms with Gasteiger partial charge in [0, 0.05) is 11.6 Å². The summed E-state index contributed by atoms with van der Waals surface area (Å²) in [6.45, 7) is 1.58. The molecule has 1 aromatic carbocycles. The predicted octanol–water partition coefficient (Wildman–Crippen LogP) is 2.64. The van der Waals surface area contributed by atoms with E-state index in [1.165, 1.54) is 12.1 Å².